The van der Waals surface area contributed by atoms with Gasteiger partial charge in [-0.1, -0.05) is 36.4 Å². The van der Waals surface area contributed by atoms with Crippen molar-refractivity contribution in [1.82, 2.24) is 9.88 Å². The maximum Gasteiger partial charge on any atom is 0.209 e. The maximum absolute atomic E-state index is 5.86. The van der Waals surface area contributed by atoms with Gasteiger partial charge in [0.1, 0.15) is 5.52 Å². The predicted octanol–water partition coefficient (Wildman–Crippen LogP) is 4.34. The van der Waals surface area contributed by atoms with E-state index in [9.17, 15) is 0 Å². The quantitative estimate of drug-likeness (QED) is 0.719. The van der Waals surface area contributed by atoms with Crippen molar-refractivity contribution >= 4 is 11.1 Å². The van der Waals surface area contributed by atoms with Gasteiger partial charge in [-0.15, -0.1) is 0 Å². The van der Waals surface area contributed by atoms with Crippen molar-refractivity contribution in [1.29, 1.82) is 0 Å². The Hall–Kier alpha value is -2.13. The first-order valence-corrected chi connectivity index (χ1v) is 7.94. The van der Waals surface area contributed by atoms with Gasteiger partial charge in [0.15, 0.2) is 5.58 Å². The number of benzene rings is 2. The normalized spacial score (nSPS) is 17.8. The van der Waals surface area contributed by atoms with Gasteiger partial charge in [0, 0.05) is 6.04 Å². The van der Waals surface area contributed by atoms with Crippen molar-refractivity contribution < 1.29 is 4.42 Å². The number of aromatic nitrogens is 1. The minimum Gasteiger partial charge on any atom is -0.439 e. The third-order valence-electron chi connectivity index (χ3n) is 4.59. The number of fused-ring (bicyclic) bond motifs is 2. The molecule has 3 aromatic rings. The molecule has 0 fully saturated rings. The fourth-order valence-corrected chi connectivity index (χ4v) is 3.50. The first kappa shape index (κ1) is 13.5. The molecule has 0 spiro atoms. The minimum atomic E-state index is 0.458. The number of para-hydroxylation sites is 2. The number of hydrogen-bond donors (Lipinski definition) is 0. The second-order valence-electron chi connectivity index (χ2n) is 6.10. The Bertz CT molecular complexity index is 760. The lowest BCUT2D eigenvalue weighted by molar-refractivity contribution is 0.196. The largest absolute Gasteiger partial charge is 0.439 e. The molecular weight excluding hydrogens is 272 g/mol. The number of rotatable bonds is 3. The Morgan fingerprint density at radius 1 is 1.14 bits per heavy atom. The summed E-state index contributed by atoms with van der Waals surface area (Å²) in [5.74, 6) is 0.798. The molecule has 3 heteroatoms. The van der Waals surface area contributed by atoms with Crippen LogP contribution in [-0.2, 0) is 13.0 Å². The number of hydrogen-bond acceptors (Lipinski definition) is 3. The molecule has 0 N–H and O–H groups in total. The Balaban J connectivity index is 1.58. The van der Waals surface area contributed by atoms with E-state index in [1.54, 1.807) is 0 Å². The van der Waals surface area contributed by atoms with E-state index in [4.69, 9.17) is 4.42 Å². The van der Waals surface area contributed by atoms with Gasteiger partial charge in [-0.3, -0.25) is 4.90 Å². The van der Waals surface area contributed by atoms with E-state index in [-0.39, 0.29) is 0 Å². The molecule has 112 valence electrons. The first-order valence-electron chi connectivity index (χ1n) is 7.94. The van der Waals surface area contributed by atoms with E-state index < -0.39 is 0 Å². The fraction of sp³-hybridized carbons (Fsp3) is 0.316. The highest BCUT2D eigenvalue weighted by atomic mass is 16.3. The Kier molecular flexibility index (Phi) is 3.43. The van der Waals surface area contributed by atoms with Gasteiger partial charge >= 0.3 is 0 Å². The highest BCUT2D eigenvalue weighted by Crippen LogP contribution is 2.34. The topological polar surface area (TPSA) is 29.3 Å². The molecule has 0 saturated carbocycles. The third kappa shape index (κ3) is 2.42. The van der Waals surface area contributed by atoms with Crippen LogP contribution >= 0.6 is 0 Å². The SMILES string of the molecule is CN(Cc1nc2ccccc2o1)C1CCCc2ccccc21. The van der Waals surface area contributed by atoms with Crippen LogP contribution in [-0.4, -0.2) is 16.9 Å². The molecule has 1 aromatic heterocycles. The van der Waals surface area contributed by atoms with Crippen LogP contribution in [0, 0.1) is 0 Å². The standard InChI is InChI=1S/C19H20N2O/c1-21(13-19-20-16-10-4-5-12-18(16)22-19)17-11-6-8-14-7-2-3-9-15(14)17/h2-5,7,9-10,12,17H,6,8,11,13H2,1H3. The average molecular weight is 292 g/mol. The Morgan fingerprint density at radius 3 is 2.86 bits per heavy atom. The van der Waals surface area contributed by atoms with E-state index in [1.165, 1.54) is 30.4 Å². The summed E-state index contributed by atoms with van der Waals surface area (Å²) in [4.78, 5) is 6.96. The van der Waals surface area contributed by atoms with Gasteiger partial charge in [-0.25, -0.2) is 4.98 Å². The fourth-order valence-electron chi connectivity index (χ4n) is 3.50. The van der Waals surface area contributed by atoms with Gasteiger partial charge in [-0.2, -0.15) is 0 Å². The third-order valence-corrected chi connectivity index (χ3v) is 4.59. The molecule has 0 aliphatic heterocycles. The number of aryl methyl sites for hydroxylation is 1. The van der Waals surface area contributed by atoms with Gasteiger partial charge in [-0.05, 0) is 49.6 Å². The van der Waals surface area contributed by atoms with Crippen molar-refractivity contribution in [3.05, 3.63) is 65.5 Å². The molecule has 3 nitrogen and oxygen atoms in total. The van der Waals surface area contributed by atoms with Crippen molar-refractivity contribution in [3.63, 3.8) is 0 Å². The van der Waals surface area contributed by atoms with Crippen LogP contribution in [0.2, 0.25) is 0 Å². The van der Waals surface area contributed by atoms with E-state index in [0.717, 1.165) is 23.5 Å². The highest BCUT2D eigenvalue weighted by molar-refractivity contribution is 5.72. The molecular formula is C19H20N2O. The Morgan fingerprint density at radius 2 is 1.95 bits per heavy atom. The number of oxazole rings is 1. The lowest BCUT2D eigenvalue weighted by atomic mass is 9.87. The van der Waals surface area contributed by atoms with Crippen LogP contribution in [0.5, 0.6) is 0 Å². The molecule has 2 aromatic carbocycles. The molecule has 1 heterocycles. The van der Waals surface area contributed by atoms with Crippen molar-refractivity contribution in [2.45, 2.75) is 31.8 Å². The van der Waals surface area contributed by atoms with Gasteiger partial charge in [0.05, 0.1) is 6.54 Å². The lowest BCUT2D eigenvalue weighted by Crippen LogP contribution is -2.27. The van der Waals surface area contributed by atoms with Crippen LogP contribution in [0.25, 0.3) is 11.1 Å². The van der Waals surface area contributed by atoms with Crippen LogP contribution < -0.4 is 0 Å². The minimum absolute atomic E-state index is 0.458. The van der Waals surface area contributed by atoms with Gasteiger partial charge in [0.2, 0.25) is 5.89 Å². The molecule has 4 rings (SSSR count). The van der Waals surface area contributed by atoms with E-state index in [2.05, 4.69) is 41.2 Å². The molecule has 1 aliphatic carbocycles. The summed E-state index contributed by atoms with van der Waals surface area (Å²) in [5, 5.41) is 0. The zero-order valence-corrected chi connectivity index (χ0v) is 12.8. The summed E-state index contributed by atoms with van der Waals surface area (Å²) in [7, 11) is 2.17. The molecule has 0 bridgehead atoms. The highest BCUT2D eigenvalue weighted by Gasteiger charge is 2.24. The van der Waals surface area contributed by atoms with E-state index >= 15 is 0 Å². The molecule has 22 heavy (non-hydrogen) atoms. The van der Waals surface area contributed by atoms with E-state index in [0.29, 0.717) is 6.04 Å². The average Bonchev–Trinajstić information content (AvgIpc) is 2.96. The number of nitrogens with zero attached hydrogens (tertiary/aromatic N) is 2. The predicted molar refractivity (Wildman–Crippen MR) is 87.6 cm³/mol. The van der Waals surface area contributed by atoms with Crippen molar-refractivity contribution in [3.8, 4) is 0 Å². The summed E-state index contributed by atoms with van der Waals surface area (Å²) in [6.07, 6.45) is 3.65. The lowest BCUT2D eigenvalue weighted by Gasteiger charge is -2.32. The van der Waals surface area contributed by atoms with Gasteiger partial charge in [0.25, 0.3) is 0 Å². The molecule has 0 radical (unpaired) electrons. The van der Waals surface area contributed by atoms with Crippen LogP contribution in [0.3, 0.4) is 0 Å². The second-order valence-corrected chi connectivity index (χ2v) is 6.10. The van der Waals surface area contributed by atoms with Crippen molar-refractivity contribution in [2.24, 2.45) is 0 Å². The monoisotopic (exact) mass is 292 g/mol. The molecule has 1 aliphatic rings. The van der Waals surface area contributed by atoms with Crippen molar-refractivity contribution in [2.75, 3.05) is 7.05 Å². The van der Waals surface area contributed by atoms with Crippen LogP contribution in [0.4, 0.5) is 0 Å². The van der Waals surface area contributed by atoms with E-state index in [1.807, 2.05) is 24.3 Å². The summed E-state index contributed by atoms with van der Waals surface area (Å²) in [6, 6.07) is 17.2. The van der Waals surface area contributed by atoms with Gasteiger partial charge < -0.3 is 4.42 Å². The zero-order valence-electron chi connectivity index (χ0n) is 12.8. The molecule has 0 amide bonds. The smallest absolute Gasteiger partial charge is 0.209 e. The maximum atomic E-state index is 5.86. The Labute approximate surface area is 130 Å². The molecule has 1 unspecified atom stereocenters. The first-order chi connectivity index (χ1) is 10.8. The summed E-state index contributed by atoms with van der Waals surface area (Å²) < 4.78 is 5.86. The van der Waals surface area contributed by atoms with Crippen LogP contribution in [0.15, 0.2) is 52.9 Å². The second kappa shape index (κ2) is 5.58. The van der Waals surface area contributed by atoms with Crippen LogP contribution in [0.1, 0.15) is 35.9 Å². The summed E-state index contributed by atoms with van der Waals surface area (Å²) in [6.45, 7) is 0.744. The molecule has 1 atom stereocenters. The summed E-state index contributed by atoms with van der Waals surface area (Å²) in [5.41, 5.74) is 4.76. The molecule has 0 saturated heterocycles. The zero-order chi connectivity index (χ0) is 14.9. The summed E-state index contributed by atoms with van der Waals surface area (Å²) >= 11 is 0.